The molecule has 2 atom stereocenters. The number of rotatable bonds is 4. The van der Waals surface area contributed by atoms with Gasteiger partial charge in [-0.2, -0.15) is 0 Å². The molecule has 0 saturated heterocycles. The van der Waals surface area contributed by atoms with Gasteiger partial charge in [-0.15, -0.1) is 6.58 Å². The molecule has 0 bridgehead atoms. The Balaban J connectivity index is 3.60. The maximum absolute atomic E-state index is 3.77. The monoisotopic (exact) mass is 138 g/mol. The van der Waals surface area contributed by atoms with Gasteiger partial charge in [0.15, 0.2) is 0 Å². The van der Waals surface area contributed by atoms with Gasteiger partial charge in [-0.25, -0.2) is 0 Å². The predicted octanol–water partition coefficient (Wildman–Crippen LogP) is 3.41. The standard InChI is InChI=1S/C10H18/c1-5-7-8-10(4)9(3)6-2/h5-7,9-10H,2,8H2,1,3-4H3. The van der Waals surface area contributed by atoms with Crippen molar-refractivity contribution in [3.05, 3.63) is 24.8 Å². The van der Waals surface area contributed by atoms with Crippen LogP contribution in [0.5, 0.6) is 0 Å². The zero-order valence-corrected chi connectivity index (χ0v) is 7.30. The molecule has 0 N–H and O–H groups in total. The summed E-state index contributed by atoms with van der Waals surface area (Å²) in [5.41, 5.74) is 0. The Hall–Kier alpha value is -0.520. The van der Waals surface area contributed by atoms with Gasteiger partial charge in [0.1, 0.15) is 0 Å². The first-order valence-electron chi connectivity index (χ1n) is 3.96. The fraction of sp³-hybridized carbons (Fsp3) is 0.600. The van der Waals surface area contributed by atoms with Gasteiger partial charge >= 0.3 is 0 Å². The molecule has 0 radical (unpaired) electrons. The van der Waals surface area contributed by atoms with Crippen LogP contribution in [0.15, 0.2) is 24.8 Å². The molecule has 0 amide bonds. The Labute approximate surface area is 64.6 Å². The van der Waals surface area contributed by atoms with Crippen LogP contribution in [0.4, 0.5) is 0 Å². The molecule has 0 aromatic rings. The van der Waals surface area contributed by atoms with Crippen molar-refractivity contribution in [2.24, 2.45) is 11.8 Å². The van der Waals surface area contributed by atoms with E-state index in [1.165, 1.54) is 6.42 Å². The van der Waals surface area contributed by atoms with E-state index < -0.39 is 0 Å². The van der Waals surface area contributed by atoms with Gasteiger partial charge in [0, 0.05) is 0 Å². The van der Waals surface area contributed by atoms with Crippen molar-refractivity contribution in [2.45, 2.75) is 27.2 Å². The van der Waals surface area contributed by atoms with Crippen LogP contribution in [0.1, 0.15) is 27.2 Å². The maximum Gasteiger partial charge on any atom is -0.0236 e. The third-order valence-electron chi connectivity index (χ3n) is 2.01. The summed E-state index contributed by atoms with van der Waals surface area (Å²) in [4.78, 5) is 0. The van der Waals surface area contributed by atoms with Gasteiger partial charge < -0.3 is 0 Å². The van der Waals surface area contributed by atoms with E-state index in [0.717, 1.165) is 5.92 Å². The topological polar surface area (TPSA) is 0 Å². The van der Waals surface area contributed by atoms with Crippen LogP contribution in [0.2, 0.25) is 0 Å². The lowest BCUT2D eigenvalue weighted by Crippen LogP contribution is -2.02. The molecular formula is C10H18. The van der Waals surface area contributed by atoms with Crippen LogP contribution >= 0.6 is 0 Å². The minimum Gasteiger partial charge on any atom is -0.103 e. The molecule has 0 spiro atoms. The van der Waals surface area contributed by atoms with E-state index in [0.29, 0.717) is 5.92 Å². The highest BCUT2D eigenvalue weighted by atomic mass is 14.1. The molecule has 10 heavy (non-hydrogen) atoms. The first kappa shape index (κ1) is 9.48. The highest BCUT2D eigenvalue weighted by Gasteiger charge is 2.04. The molecule has 0 aliphatic rings. The van der Waals surface area contributed by atoms with Crippen LogP contribution in [0, 0.1) is 11.8 Å². The molecule has 0 rings (SSSR count). The third kappa shape index (κ3) is 3.49. The molecule has 2 unspecified atom stereocenters. The second kappa shape index (κ2) is 5.28. The Morgan fingerprint density at radius 3 is 2.40 bits per heavy atom. The summed E-state index contributed by atoms with van der Waals surface area (Å²) in [6.45, 7) is 10.3. The van der Waals surface area contributed by atoms with Gasteiger partial charge in [-0.05, 0) is 25.2 Å². The lowest BCUT2D eigenvalue weighted by molar-refractivity contribution is 0.466. The van der Waals surface area contributed by atoms with Gasteiger partial charge in [0.05, 0.1) is 0 Å². The van der Waals surface area contributed by atoms with Crippen LogP contribution < -0.4 is 0 Å². The molecule has 0 saturated carbocycles. The first-order chi connectivity index (χ1) is 4.72. The van der Waals surface area contributed by atoms with Gasteiger partial charge in [0.2, 0.25) is 0 Å². The van der Waals surface area contributed by atoms with Crippen molar-refractivity contribution >= 4 is 0 Å². The van der Waals surface area contributed by atoms with Crippen molar-refractivity contribution in [1.82, 2.24) is 0 Å². The minimum absolute atomic E-state index is 0.635. The van der Waals surface area contributed by atoms with Crippen LogP contribution in [0.25, 0.3) is 0 Å². The fourth-order valence-corrected chi connectivity index (χ4v) is 0.798. The predicted molar refractivity (Wildman–Crippen MR) is 48.0 cm³/mol. The van der Waals surface area contributed by atoms with E-state index in [1.807, 2.05) is 6.08 Å². The van der Waals surface area contributed by atoms with E-state index in [-0.39, 0.29) is 0 Å². The molecule has 0 aromatic carbocycles. The Bertz CT molecular complexity index is 111. The van der Waals surface area contributed by atoms with Gasteiger partial charge in [-0.3, -0.25) is 0 Å². The number of hydrogen-bond acceptors (Lipinski definition) is 0. The van der Waals surface area contributed by atoms with Crippen molar-refractivity contribution in [1.29, 1.82) is 0 Å². The Morgan fingerprint density at radius 2 is 2.00 bits per heavy atom. The van der Waals surface area contributed by atoms with Crippen molar-refractivity contribution < 1.29 is 0 Å². The zero-order valence-electron chi connectivity index (χ0n) is 7.30. The summed E-state index contributed by atoms with van der Waals surface area (Å²) in [7, 11) is 0. The summed E-state index contributed by atoms with van der Waals surface area (Å²) < 4.78 is 0. The molecule has 0 heteroatoms. The Kier molecular flexibility index (Phi) is 5.00. The van der Waals surface area contributed by atoms with E-state index in [2.05, 4.69) is 39.5 Å². The molecule has 58 valence electrons. The van der Waals surface area contributed by atoms with E-state index >= 15 is 0 Å². The largest absolute Gasteiger partial charge is 0.103 e. The quantitative estimate of drug-likeness (QED) is 0.522. The van der Waals surface area contributed by atoms with E-state index in [9.17, 15) is 0 Å². The lowest BCUT2D eigenvalue weighted by atomic mass is 9.93. The molecule has 0 nitrogen and oxygen atoms in total. The summed E-state index contributed by atoms with van der Waals surface area (Å²) in [6.07, 6.45) is 7.51. The highest BCUT2D eigenvalue weighted by molar-refractivity contribution is 4.85. The van der Waals surface area contributed by atoms with Crippen molar-refractivity contribution in [2.75, 3.05) is 0 Å². The van der Waals surface area contributed by atoms with Crippen LogP contribution in [-0.2, 0) is 0 Å². The van der Waals surface area contributed by atoms with Gasteiger partial charge in [-0.1, -0.05) is 32.1 Å². The molecular weight excluding hydrogens is 120 g/mol. The first-order valence-corrected chi connectivity index (χ1v) is 3.96. The van der Waals surface area contributed by atoms with Crippen molar-refractivity contribution in [3.63, 3.8) is 0 Å². The third-order valence-corrected chi connectivity index (χ3v) is 2.01. The molecule has 0 aliphatic carbocycles. The second-order valence-electron chi connectivity index (χ2n) is 2.88. The highest BCUT2D eigenvalue weighted by Crippen LogP contribution is 2.15. The summed E-state index contributed by atoms with van der Waals surface area (Å²) in [6, 6.07) is 0. The average molecular weight is 138 g/mol. The van der Waals surface area contributed by atoms with Crippen molar-refractivity contribution in [3.8, 4) is 0 Å². The second-order valence-corrected chi connectivity index (χ2v) is 2.88. The summed E-state index contributed by atoms with van der Waals surface area (Å²) in [5.74, 6) is 1.37. The molecule has 0 aromatic heterocycles. The average Bonchev–Trinajstić information content (AvgIpc) is 1.98. The van der Waals surface area contributed by atoms with E-state index in [1.54, 1.807) is 0 Å². The zero-order chi connectivity index (χ0) is 7.98. The van der Waals surface area contributed by atoms with Gasteiger partial charge in [0.25, 0.3) is 0 Å². The number of allylic oxidation sites excluding steroid dienone is 3. The fourth-order valence-electron chi connectivity index (χ4n) is 0.798. The Morgan fingerprint density at radius 1 is 1.40 bits per heavy atom. The molecule has 0 fully saturated rings. The normalized spacial score (nSPS) is 17.1. The van der Waals surface area contributed by atoms with E-state index in [4.69, 9.17) is 0 Å². The number of hydrogen-bond donors (Lipinski definition) is 0. The van der Waals surface area contributed by atoms with Crippen LogP contribution in [-0.4, -0.2) is 0 Å². The van der Waals surface area contributed by atoms with Crippen LogP contribution in [0.3, 0.4) is 0 Å². The minimum atomic E-state index is 0.635. The smallest absolute Gasteiger partial charge is 0.0236 e. The molecule has 0 heterocycles. The summed E-state index contributed by atoms with van der Waals surface area (Å²) in [5, 5.41) is 0. The molecule has 0 aliphatic heterocycles. The lowest BCUT2D eigenvalue weighted by Gasteiger charge is -2.12. The SMILES string of the molecule is C=CC(C)C(C)CC=CC. The maximum atomic E-state index is 3.77. The summed E-state index contributed by atoms with van der Waals surface area (Å²) >= 11 is 0.